The van der Waals surface area contributed by atoms with Gasteiger partial charge < -0.3 is 8.98 Å². The Morgan fingerprint density at radius 3 is 2.70 bits per heavy atom. The molecule has 0 unspecified atom stereocenters. The van der Waals surface area contributed by atoms with Gasteiger partial charge in [-0.25, -0.2) is 4.98 Å². The van der Waals surface area contributed by atoms with Crippen molar-refractivity contribution in [2.75, 3.05) is 0 Å². The van der Waals surface area contributed by atoms with Crippen LogP contribution in [0.25, 0.3) is 22.6 Å². The molecule has 3 rings (SSSR count). The minimum Gasteiger partial charge on any atom is -0.446 e. The number of halogens is 1. The molecule has 0 aliphatic carbocycles. The van der Waals surface area contributed by atoms with E-state index in [1.54, 1.807) is 6.07 Å². The number of imidazole rings is 1. The number of furan rings is 1. The second-order valence-corrected chi connectivity index (χ2v) is 5.60. The van der Waals surface area contributed by atoms with Crippen molar-refractivity contribution in [3.63, 3.8) is 0 Å². The summed E-state index contributed by atoms with van der Waals surface area (Å²) >= 11 is 3.31. The summed E-state index contributed by atoms with van der Waals surface area (Å²) in [7, 11) is 0. The number of hydrogen-bond acceptors (Lipinski definition) is 3. The minimum atomic E-state index is 0.242. The fourth-order valence-corrected chi connectivity index (χ4v) is 2.61. The summed E-state index contributed by atoms with van der Waals surface area (Å²) in [6.45, 7) is 4.20. The summed E-state index contributed by atoms with van der Waals surface area (Å²) in [5, 5.41) is 8.99. The molecule has 0 atom stereocenters. The maximum atomic E-state index is 8.99. The van der Waals surface area contributed by atoms with Crippen molar-refractivity contribution in [3.05, 3.63) is 40.6 Å². The number of nitriles is 1. The van der Waals surface area contributed by atoms with Crippen LogP contribution < -0.4 is 0 Å². The molecule has 0 saturated carbocycles. The van der Waals surface area contributed by atoms with E-state index in [1.807, 2.05) is 24.3 Å². The fraction of sp³-hybridized carbons (Fsp3) is 0.200. The monoisotopic (exact) mass is 329 g/mol. The molecular weight excluding hydrogens is 318 g/mol. The average Bonchev–Trinajstić information content (AvgIpc) is 3.00. The second-order valence-electron chi connectivity index (χ2n) is 4.82. The highest BCUT2D eigenvalue weighted by Gasteiger charge is 2.17. The van der Waals surface area contributed by atoms with E-state index in [1.165, 1.54) is 0 Å². The highest BCUT2D eigenvalue weighted by Crippen LogP contribution is 2.31. The minimum absolute atomic E-state index is 0.242. The summed E-state index contributed by atoms with van der Waals surface area (Å²) in [5.74, 6) is 1.48. The second kappa shape index (κ2) is 4.80. The van der Waals surface area contributed by atoms with Gasteiger partial charge in [-0.3, -0.25) is 0 Å². The first-order valence-electron chi connectivity index (χ1n) is 6.28. The molecule has 3 aromatic rings. The molecule has 0 amide bonds. The summed E-state index contributed by atoms with van der Waals surface area (Å²) in [6, 6.07) is 11.7. The Labute approximate surface area is 124 Å². The van der Waals surface area contributed by atoms with Gasteiger partial charge in [-0.2, -0.15) is 5.26 Å². The first-order valence-corrected chi connectivity index (χ1v) is 7.07. The van der Waals surface area contributed by atoms with E-state index in [0.29, 0.717) is 16.0 Å². The summed E-state index contributed by atoms with van der Waals surface area (Å²) in [6.07, 6.45) is 0. The molecule has 20 heavy (non-hydrogen) atoms. The Morgan fingerprint density at radius 2 is 2.10 bits per heavy atom. The lowest BCUT2D eigenvalue weighted by molar-refractivity contribution is 0.537. The molecule has 5 heteroatoms. The molecule has 0 aliphatic heterocycles. The van der Waals surface area contributed by atoms with Gasteiger partial charge in [0, 0.05) is 6.04 Å². The van der Waals surface area contributed by atoms with Crippen LogP contribution in [-0.2, 0) is 0 Å². The zero-order valence-electron chi connectivity index (χ0n) is 11.1. The van der Waals surface area contributed by atoms with Gasteiger partial charge in [-0.15, -0.1) is 0 Å². The van der Waals surface area contributed by atoms with Crippen molar-refractivity contribution < 1.29 is 4.42 Å². The van der Waals surface area contributed by atoms with Crippen LogP contribution >= 0.6 is 15.9 Å². The zero-order chi connectivity index (χ0) is 14.3. The van der Waals surface area contributed by atoms with Gasteiger partial charge in [-0.05, 0) is 60.1 Å². The van der Waals surface area contributed by atoms with E-state index in [2.05, 4.69) is 45.4 Å². The maximum absolute atomic E-state index is 8.99. The molecule has 0 bridgehead atoms. The van der Waals surface area contributed by atoms with Crippen LogP contribution in [0.1, 0.15) is 25.5 Å². The van der Waals surface area contributed by atoms with Gasteiger partial charge in [0.1, 0.15) is 0 Å². The van der Waals surface area contributed by atoms with Crippen molar-refractivity contribution in [3.8, 4) is 17.7 Å². The third kappa shape index (κ3) is 2.02. The molecule has 0 aliphatic rings. The van der Waals surface area contributed by atoms with Crippen molar-refractivity contribution in [1.29, 1.82) is 5.26 Å². The molecule has 0 N–H and O–H groups in total. The van der Waals surface area contributed by atoms with Crippen LogP contribution in [-0.4, -0.2) is 9.55 Å². The van der Waals surface area contributed by atoms with Crippen LogP contribution in [0.3, 0.4) is 0 Å². The predicted octanol–water partition coefficient (Wildman–Crippen LogP) is 4.51. The summed E-state index contributed by atoms with van der Waals surface area (Å²) in [4.78, 5) is 4.62. The van der Waals surface area contributed by atoms with Crippen molar-refractivity contribution in [2.24, 2.45) is 0 Å². The Kier molecular flexibility index (Phi) is 3.11. The smallest absolute Gasteiger partial charge is 0.177 e. The largest absolute Gasteiger partial charge is 0.446 e. The Bertz CT molecular complexity index is 823. The lowest BCUT2D eigenvalue weighted by atomic mass is 10.2. The number of nitrogens with zero attached hydrogens (tertiary/aromatic N) is 3. The molecule has 0 saturated heterocycles. The Morgan fingerprint density at radius 1 is 1.30 bits per heavy atom. The van der Waals surface area contributed by atoms with Crippen LogP contribution in [0, 0.1) is 11.3 Å². The molecule has 2 heterocycles. The SMILES string of the molecule is CC(C)n1c(-c2ccc(Br)o2)nc2cc(C#N)ccc21. The topological polar surface area (TPSA) is 54.8 Å². The average molecular weight is 330 g/mol. The Balaban J connectivity index is 2.31. The molecule has 100 valence electrons. The summed E-state index contributed by atoms with van der Waals surface area (Å²) < 4.78 is 8.40. The summed E-state index contributed by atoms with van der Waals surface area (Å²) in [5.41, 5.74) is 2.42. The first kappa shape index (κ1) is 12.9. The van der Waals surface area contributed by atoms with E-state index >= 15 is 0 Å². The molecular formula is C15H12BrN3O. The van der Waals surface area contributed by atoms with Crippen molar-refractivity contribution in [2.45, 2.75) is 19.9 Å². The van der Waals surface area contributed by atoms with Gasteiger partial charge in [0.25, 0.3) is 0 Å². The van der Waals surface area contributed by atoms with E-state index in [-0.39, 0.29) is 6.04 Å². The van der Waals surface area contributed by atoms with Crippen LogP contribution in [0.15, 0.2) is 39.4 Å². The first-order chi connectivity index (χ1) is 9.60. The third-order valence-electron chi connectivity index (χ3n) is 3.13. The van der Waals surface area contributed by atoms with Crippen LogP contribution in [0.4, 0.5) is 0 Å². The molecule has 2 aromatic heterocycles. The number of rotatable bonds is 2. The normalized spacial score (nSPS) is 11.2. The molecule has 0 spiro atoms. The lowest BCUT2D eigenvalue weighted by Crippen LogP contribution is -2.02. The van der Waals surface area contributed by atoms with Crippen LogP contribution in [0.2, 0.25) is 0 Å². The van der Waals surface area contributed by atoms with E-state index < -0.39 is 0 Å². The van der Waals surface area contributed by atoms with Crippen molar-refractivity contribution in [1.82, 2.24) is 9.55 Å². The van der Waals surface area contributed by atoms with Crippen molar-refractivity contribution >= 4 is 27.0 Å². The van der Waals surface area contributed by atoms with Gasteiger partial charge in [-0.1, -0.05) is 0 Å². The fourth-order valence-electron chi connectivity index (χ4n) is 2.30. The lowest BCUT2D eigenvalue weighted by Gasteiger charge is -2.11. The molecule has 0 radical (unpaired) electrons. The maximum Gasteiger partial charge on any atom is 0.177 e. The number of benzene rings is 1. The molecule has 4 nitrogen and oxygen atoms in total. The van der Waals surface area contributed by atoms with E-state index in [4.69, 9.17) is 9.68 Å². The van der Waals surface area contributed by atoms with Gasteiger partial charge >= 0.3 is 0 Å². The highest BCUT2D eigenvalue weighted by atomic mass is 79.9. The standard InChI is InChI=1S/C15H12BrN3O/c1-9(2)19-12-4-3-10(8-17)7-11(12)18-15(19)13-5-6-14(16)20-13/h3-7,9H,1-2H3. The Hall–Kier alpha value is -2.06. The highest BCUT2D eigenvalue weighted by molar-refractivity contribution is 9.10. The van der Waals surface area contributed by atoms with Gasteiger partial charge in [0.15, 0.2) is 16.3 Å². The molecule has 1 aromatic carbocycles. The van der Waals surface area contributed by atoms with Gasteiger partial charge in [0.05, 0.1) is 22.7 Å². The quantitative estimate of drug-likeness (QED) is 0.694. The van der Waals surface area contributed by atoms with E-state index in [9.17, 15) is 0 Å². The van der Waals surface area contributed by atoms with Gasteiger partial charge in [0.2, 0.25) is 0 Å². The third-order valence-corrected chi connectivity index (χ3v) is 3.55. The zero-order valence-corrected chi connectivity index (χ0v) is 12.7. The number of hydrogen-bond donors (Lipinski definition) is 0. The number of fused-ring (bicyclic) bond motifs is 1. The molecule has 0 fully saturated rings. The van der Waals surface area contributed by atoms with E-state index in [0.717, 1.165) is 16.9 Å². The number of aromatic nitrogens is 2. The predicted molar refractivity (Wildman–Crippen MR) is 80.2 cm³/mol. The van der Waals surface area contributed by atoms with Crippen LogP contribution in [0.5, 0.6) is 0 Å².